The van der Waals surface area contributed by atoms with Crippen LogP contribution in [-0.4, -0.2) is 10.9 Å². The van der Waals surface area contributed by atoms with Crippen LogP contribution in [0, 0.1) is 6.92 Å². The van der Waals surface area contributed by atoms with Gasteiger partial charge < -0.3 is 5.32 Å². The molecule has 0 saturated heterocycles. The van der Waals surface area contributed by atoms with Crippen molar-refractivity contribution < 1.29 is 4.79 Å². The summed E-state index contributed by atoms with van der Waals surface area (Å²) >= 11 is 5.73. The van der Waals surface area contributed by atoms with Crippen LogP contribution >= 0.6 is 11.6 Å². The second kappa shape index (κ2) is 2.45. The lowest BCUT2D eigenvalue weighted by Crippen LogP contribution is -2.13. The van der Waals surface area contributed by atoms with Crippen LogP contribution in [0.2, 0.25) is 5.15 Å². The van der Waals surface area contributed by atoms with Gasteiger partial charge in [0.1, 0.15) is 5.15 Å². The van der Waals surface area contributed by atoms with Gasteiger partial charge in [0.15, 0.2) is 0 Å². The zero-order valence-electron chi connectivity index (χ0n) is 6.52. The standard InChI is InChI=1S/C8H7ClN2O/c1-4-7-5(2-6(9)11-4)3-10-8(7)12/h2H,3H2,1H3,(H,10,12). The Bertz CT molecular complexity index is 362. The lowest BCUT2D eigenvalue weighted by Gasteiger charge is -1.99. The molecule has 0 fully saturated rings. The molecule has 0 unspecified atom stereocenters. The van der Waals surface area contributed by atoms with Crippen LogP contribution in [0.3, 0.4) is 0 Å². The van der Waals surface area contributed by atoms with Gasteiger partial charge in [0.2, 0.25) is 0 Å². The third kappa shape index (κ3) is 0.975. The fourth-order valence-corrected chi connectivity index (χ4v) is 1.67. The first-order chi connectivity index (χ1) is 5.68. The summed E-state index contributed by atoms with van der Waals surface area (Å²) in [7, 11) is 0. The van der Waals surface area contributed by atoms with Gasteiger partial charge in [-0.2, -0.15) is 0 Å². The van der Waals surface area contributed by atoms with Gasteiger partial charge in [-0.15, -0.1) is 0 Å². The first-order valence-corrected chi connectivity index (χ1v) is 4.00. The Labute approximate surface area is 74.8 Å². The van der Waals surface area contributed by atoms with Crippen molar-refractivity contribution in [1.29, 1.82) is 0 Å². The Morgan fingerprint density at radius 2 is 2.42 bits per heavy atom. The van der Waals surface area contributed by atoms with Gasteiger partial charge >= 0.3 is 0 Å². The van der Waals surface area contributed by atoms with Gasteiger partial charge in [0.25, 0.3) is 5.91 Å². The van der Waals surface area contributed by atoms with E-state index in [2.05, 4.69) is 10.3 Å². The van der Waals surface area contributed by atoms with Crippen molar-refractivity contribution in [3.8, 4) is 0 Å². The number of aryl methyl sites for hydroxylation is 1. The van der Waals surface area contributed by atoms with Crippen molar-refractivity contribution in [2.45, 2.75) is 13.5 Å². The molecule has 0 saturated carbocycles. The molecule has 0 bridgehead atoms. The molecule has 2 rings (SSSR count). The predicted octanol–water partition coefficient (Wildman–Crippen LogP) is 1.29. The number of pyridine rings is 1. The predicted molar refractivity (Wildman–Crippen MR) is 45.2 cm³/mol. The smallest absolute Gasteiger partial charge is 0.253 e. The Kier molecular flexibility index (Phi) is 1.54. The molecule has 1 aliphatic heterocycles. The van der Waals surface area contributed by atoms with Crippen molar-refractivity contribution in [2.75, 3.05) is 0 Å². The summed E-state index contributed by atoms with van der Waals surface area (Å²) in [6.45, 7) is 2.35. The highest BCUT2D eigenvalue weighted by Crippen LogP contribution is 2.20. The van der Waals surface area contributed by atoms with Gasteiger partial charge in [0, 0.05) is 6.54 Å². The average molecular weight is 183 g/mol. The van der Waals surface area contributed by atoms with E-state index in [1.165, 1.54) is 0 Å². The van der Waals surface area contributed by atoms with Gasteiger partial charge in [-0.3, -0.25) is 4.79 Å². The Balaban J connectivity index is 2.68. The molecule has 3 nitrogen and oxygen atoms in total. The number of hydrogen-bond acceptors (Lipinski definition) is 2. The summed E-state index contributed by atoms with van der Waals surface area (Å²) in [4.78, 5) is 15.2. The molecule has 12 heavy (non-hydrogen) atoms. The zero-order valence-corrected chi connectivity index (χ0v) is 7.27. The summed E-state index contributed by atoms with van der Waals surface area (Å²) in [5.74, 6) is -0.0494. The van der Waals surface area contributed by atoms with Gasteiger partial charge in [-0.05, 0) is 18.6 Å². The van der Waals surface area contributed by atoms with E-state index in [0.717, 1.165) is 5.56 Å². The molecule has 1 amide bonds. The van der Waals surface area contributed by atoms with Gasteiger partial charge in [0.05, 0.1) is 11.3 Å². The zero-order chi connectivity index (χ0) is 8.72. The monoisotopic (exact) mass is 182 g/mol. The maximum atomic E-state index is 11.2. The number of aromatic nitrogens is 1. The molecular weight excluding hydrogens is 176 g/mol. The van der Waals surface area contributed by atoms with Crippen LogP contribution < -0.4 is 5.32 Å². The van der Waals surface area contributed by atoms with E-state index in [-0.39, 0.29) is 5.91 Å². The second-order valence-corrected chi connectivity index (χ2v) is 3.13. The van der Waals surface area contributed by atoms with Crippen LogP contribution in [0.4, 0.5) is 0 Å². The number of hydrogen-bond donors (Lipinski definition) is 1. The van der Waals surface area contributed by atoms with Crippen LogP contribution in [0.5, 0.6) is 0 Å². The number of carbonyl (C=O) groups is 1. The van der Waals surface area contributed by atoms with Crippen LogP contribution in [0.15, 0.2) is 6.07 Å². The maximum absolute atomic E-state index is 11.2. The van der Waals surface area contributed by atoms with Crippen molar-refractivity contribution in [3.63, 3.8) is 0 Å². The van der Waals surface area contributed by atoms with E-state index in [0.29, 0.717) is 23.0 Å². The fraction of sp³-hybridized carbons (Fsp3) is 0.250. The third-order valence-corrected chi connectivity index (χ3v) is 2.11. The maximum Gasteiger partial charge on any atom is 0.253 e. The minimum absolute atomic E-state index is 0.0494. The third-order valence-electron chi connectivity index (χ3n) is 1.92. The minimum atomic E-state index is -0.0494. The number of rotatable bonds is 0. The molecule has 62 valence electrons. The molecule has 0 radical (unpaired) electrons. The fourth-order valence-electron chi connectivity index (χ4n) is 1.41. The normalized spacial score (nSPS) is 14.3. The quantitative estimate of drug-likeness (QED) is 0.615. The topological polar surface area (TPSA) is 42.0 Å². The Hall–Kier alpha value is -1.09. The molecule has 0 spiro atoms. The molecule has 4 heteroatoms. The van der Waals surface area contributed by atoms with E-state index in [1.807, 2.05) is 0 Å². The number of nitrogens with zero attached hydrogens (tertiary/aromatic N) is 1. The summed E-state index contributed by atoms with van der Waals surface area (Å²) in [5, 5.41) is 3.16. The molecular formula is C8H7ClN2O. The summed E-state index contributed by atoms with van der Waals surface area (Å²) < 4.78 is 0. The van der Waals surface area contributed by atoms with E-state index >= 15 is 0 Å². The molecule has 0 aromatic carbocycles. The average Bonchev–Trinajstić information content (AvgIpc) is 2.31. The Morgan fingerprint density at radius 1 is 1.67 bits per heavy atom. The first-order valence-electron chi connectivity index (χ1n) is 3.62. The molecule has 0 aliphatic carbocycles. The number of halogens is 1. The number of carbonyl (C=O) groups excluding carboxylic acids is 1. The van der Waals surface area contributed by atoms with Crippen LogP contribution in [-0.2, 0) is 6.54 Å². The number of fused-ring (bicyclic) bond motifs is 1. The van der Waals surface area contributed by atoms with Crippen molar-refractivity contribution >= 4 is 17.5 Å². The van der Waals surface area contributed by atoms with Crippen molar-refractivity contribution in [2.24, 2.45) is 0 Å². The molecule has 1 aliphatic rings. The van der Waals surface area contributed by atoms with Crippen LogP contribution in [0.1, 0.15) is 21.6 Å². The molecule has 0 atom stereocenters. The molecule has 1 aromatic rings. The lowest BCUT2D eigenvalue weighted by molar-refractivity contribution is 0.0965. The van der Waals surface area contributed by atoms with E-state index in [1.54, 1.807) is 13.0 Å². The summed E-state index contributed by atoms with van der Waals surface area (Å²) in [5.41, 5.74) is 2.32. The largest absolute Gasteiger partial charge is 0.348 e. The number of amides is 1. The van der Waals surface area contributed by atoms with E-state index in [4.69, 9.17) is 11.6 Å². The van der Waals surface area contributed by atoms with Crippen molar-refractivity contribution in [1.82, 2.24) is 10.3 Å². The second-order valence-electron chi connectivity index (χ2n) is 2.75. The highest BCUT2D eigenvalue weighted by atomic mass is 35.5. The van der Waals surface area contributed by atoms with Crippen molar-refractivity contribution in [3.05, 3.63) is 28.0 Å². The SMILES string of the molecule is Cc1nc(Cl)cc2c1C(=O)NC2. The minimum Gasteiger partial charge on any atom is -0.348 e. The van der Waals surface area contributed by atoms with Gasteiger partial charge in [-0.25, -0.2) is 4.98 Å². The Morgan fingerprint density at radius 3 is 3.17 bits per heavy atom. The molecule has 1 aromatic heterocycles. The van der Waals surface area contributed by atoms with Gasteiger partial charge in [-0.1, -0.05) is 11.6 Å². The van der Waals surface area contributed by atoms with Crippen LogP contribution in [0.25, 0.3) is 0 Å². The lowest BCUT2D eigenvalue weighted by atomic mass is 10.1. The number of nitrogens with one attached hydrogen (secondary N) is 1. The summed E-state index contributed by atoms with van der Waals surface area (Å²) in [6, 6.07) is 1.72. The molecule has 1 N–H and O–H groups in total. The van der Waals surface area contributed by atoms with E-state index < -0.39 is 0 Å². The first kappa shape index (κ1) is 7.55. The summed E-state index contributed by atoms with van der Waals surface area (Å²) in [6.07, 6.45) is 0. The molecule has 2 heterocycles. The highest BCUT2D eigenvalue weighted by Gasteiger charge is 2.21. The van der Waals surface area contributed by atoms with E-state index in [9.17, 15) is 4.79 Å². The highest BCUT2D eigenvalue weighted by molar-refractivity contribution is 6.29.